The summed E-state index contributed by atoms with van der Waals surface area (Å²) in [7, 11) is 0. The van der Waals surface area contributed by atoms with E-state index in [-0.39, 0.29) is 5.82 Å². The zero-order valence-corrected chi connectivity index (χ0v) is 10.8. The van der Waals surface area contributed by atoms with Crippen LogP contribution in [0.25, 0.3) is 0 Å². The van der Waals surface area contributed by atoms with Crippen LogP contribution < -0.4 is 10.5 Å². The maximum Gasteiger partial charge on any atom is 0.123 e. The summed E-state index contributed by atoms with van der Waals surface area (Å²) >= 11 is 0. The molecule has 1 aromatic carbocycles. The van der Waals surface area contributed by atoms with Gasteiger partial charge in [-0.1, -0.05) is 25.7 Å². The van der Waals surface area contributed by atoms with Crippen molar-refractivity contribution in [2.45, 2.75) is 45.1 Å². The van der Waals surface area contributed by atoms with Crippen LogP contribution in [0.2, 0.25) is 0 Å². The van der Waals surface area contributed by atoms with Crippen molar-refractivity contribution in [1.29, 1.82) is 0 Å². The first-order valence-electron chi connectivity index (χ1n) is 6.91. The lowest BCUT2D eigenvalue weighted by molar-refractivity contribution is 0.231. The number of ether oxygens (including phenoxy) is 1. The Morgan fingerprint density at radius 1 is 1.17 bits per heavy atom. The molecule has 0 saturated heterocycles. The van der Waals surface area contributed by atoms with Crippen molar-refractivity contribution in [3.8, 4) is 5.75 Å². The summed E-state index contributed by atoms with van der Waals surface area (Å²) in [6.45, 7) is 1.05. The smallest absolute Gasteiger partial charge is 0.123 e. The number of benzene rings is 1. The van der Waals surface area contributed by atoms with Crippen LogP contribution in [0.4, 0.5) is 4.39 Å². The first-order valence-corrected chi connectivity index (χ1v) is 6.91. The molecule has 2 N–H and O–H groups in total. The van der Waals surface area contributed by atoms with E-state index in [0.29, 0.717) is 12.5 Å². The molecule has 0 aromatic heterocycles. The summed E-state index contributed by atoms with van der Waals surface area (Å²) in [4.78, 5) is 0. The van der Waals surface area contributed by atoms with E-state index in [1.165, 1.54) is 50.7 Å². The Bertz CT molecular complexity index is 373. The molecule has 0 spiro atoms. The minimum absolute atomic E-state index is 0.253. The molecule has 0 atom stereocenters. The Morgan fingerprint density at radius 3 is 2.56 bits per heavy atom. The number of hydrogen-bond donors (Lipinski definition) is 1. The zero-order chi connectivity index (χ0) is 12.8. The van der Waals surface area contributed by atoms with Gasteiger partial charge in [0.05, 0.1) is 6.61 Å². The van der Waals surface area contributed by atoms with Crippen LogP contribution in [0, 0.1) is 11.7 Å². The van der Waals surface area contributed by atoms with E-state index in [9.17, 15) is 4.39 Å². The fourth-order valence-corrected chi connectivity index (χ4v) is 2.59. The van der Waals surface area contributed by atoms with Gasteiger partial charge in [-0.15, -0.1) is 0 Å². The maximum absolute atomic E-state index is 13.1. The van der Waals surface area contributed by atoms with Crippen molar-refractivity contribution in [3.63, 3.8) is 0 Å². The molecule has 100 valence electrons. The van der Waals surface area contributed by atoms with E-state index in [2.05, 4.69) is 0 Å². The van der Waals surface area contributed by atoms with Crippen LogP contribution >= 0.6 is 0 Å². The number of halogens is 1. The van der Waals surface area contributed by atoms with Gasteiger partial charge < -0.3 is 10.5 Å². The molecule has 1 aromatic rings. The van der Waals surface area contributed by atoms with Crippen LogP contribution in [-0.2, 0) is 6.54 Å². The van der Waals surface area contributed by atoms with Gasteiger partial charge in [0.1, 0.15) is 11.6 Å². The summed E-state index contributed by atoms with van der Waals surface area (Å²) in [6, 6.07) is 4.58. The largest absolute Gasteiger partial charge is 0.493 e. The lowest BCUT2D eigenvalue weighted by Gasteiger charge is -2.16. The summed E-state index contributed by atoms with van der Waals surface area (Å²) < 4.78 is 18.9. The predicted octanol–water partition coefficient (Wildman–Crippen LogP) is 3.63. The predicted molar refractivity (Wildman–Crippen MR) is 71.0 cm³/mol. The monoisotopic (exact) mass is 251 g/mol. The fourth-order valence-electron chi connectivity index (χ4n) is 2.59. The summed E-state index contributed by atoms with van der Waals surface area (Å²) in [6.07, 6.45) is 7.81. The van der Waals surface area contributed by atoms with Gasteiger partial charge in [-0.3, -0.25) is 0 Å². The van der Waals surface area contributed by atoms with Crippen molar-refractivity contribution in [3.05, 3.63) is 29.6 Å². The van der Waals surface area contributed by atoms with Gasteiger partial charge in [-0.25, -0.2) is 4.39 Å². The van der Waals surface area contributed by atoms with E-state index in [1.54, 1.807) is 6.07 Å². The molecule has 3 heteroatoms. The van der Waals surface area contributed by atoms with Gasteiger partial charge in [0.25, 0.3) is 0 Å². The number of nitrogens with two attached hydrogens (primary N) is 1. The molecule has 0 amide bonds. The third-order valence-corrected chi connectivity index (χ3v) is 3.69. The van der Waals surface area contributed by atoms with Gasteiger partial charge in [0, 0.05) is 12.1 Å². The number of hydrogen-bond acceptors (Lipinski definition) is 2. The molecule has 0 aliphatic heterocycles. The van der Waals surface area contributed by atoms with E-state index in [0.717, 1.165) is 17.9 Å². The highest BCUT2D eigenvalue weighted by molar-refractivity contribution is 5.33. The molecule has 0 unspecified atom stereocenters. The van der Waals surface area contributed by atoms with Crippen LogP contribution in [0.1, 0.15) is 44.1 Å². The quantitative estimate of drug-likeness (QED) is 0.829. The molecule has 0 bridgehead atoms. The molecular formula is C15H22FNO. The molecule has 0 heterocycles. The standard InChI is InChI=1S/C15H22FNO/c16-14-7-8-15(13(9-14)10-17)18-11-12-5-3-1-2-4-6-12/h7-9,12H,1-6,10-11,17H2. The van der Waals surface area contributed by atoms with Gasteiger partial charge in [0.15, 0.2) is 0 Å². The molecule has 1 saturated carbocycles. The fraction of sp³-hybridized carbons (Fsp3) is 0.600. The maximum atomic E-state index is 13.1. The van der Waals surface area contributed by atoms with Crippen LogP contribution in [0.15, 0.2) is 18.2 Å². The van der Waals surface area contributed by atoms with Crippen LogP contribution in [0.5, 0.6) is 5.75 Å². The van der Waals surface area contributed by atoms with E-state index in [4.69, 9.17) is 10.5 Å². The van der Waals surface area contributed by atoms with Crippen molar-refractivity contribution in [1.82, 2.24) is 0 Å². The molecule has 0 radical (unpaired) electrons. The van der Waals surface area contributed by atoms with Crippen molar-refractivity contribution >= 4 is 0 Å². The zero-order valence-electron chi connectivity index (χ0n) is 10.8. The molecule has 1 aliphatic rings. The summed E-state index contributed by atoms with van der Waals surface area (Å²) in [5, 5.41) is 0. The Balaban J connectivity index is 1.92. The van der Waals surface area contributed by atoms with Crippen LogP contribution in [0.3, 0.4) is 0 Å². The molecule has 2 nitrogen and oxygen atoms in total. The lowest BCUT2D eigenvalue weighted by Crippen LogP contribution is -2.13. The molecule has 2 rings (SSSR count). The van der Waals surface area contributed by atoms with Crippen molar-refractivity contribution in [2.24, 2.45) is 11.7 Å². The average molecular weight is 251 g/mol. The van der Waals surface area contributed by atoms with Crippen LogP contribution in [-0.4, -0.2) is 6.61 Å². The van der Waals surface area contributed by atoms with Gasteiger partial charge >= 0.3 is 0 Å². The van der Waals surface area contributed by atoms with Gasteiger partial charge in [0.2, 0.25) is 0 Å². The molecule has 18 heavy (non-hydrogen) atoms. The Morgan fingerprint density at radius 2 is 1.89 bits per heavy atom. The second-order valence-electron chi connectivity index (χ2n) is 5.12. The topological polar surface area (TPSA) is 35.2 Å². The first-order chi connectivity index (χ1) is 8.79. The second kappa shape index (κ2) is 6.74. The molecule has 1 fully saturated rings. The van der Waals surface area contributed by atoms with Gasteiger partial charge in [-0.2, -0.15) is 0 Å². The highest BCUT2D eigenvalue weighted by atomic mass is 19.1. The van der Waals surface area contributed by atoms with Gasteiger partial charge in [-0.05, 0) is 37.0 Å². The Hall–Kier alpha value is -1.09. The SMILES string of the molecule is NCc1cc(F)ccc1OCC1CCCCCC1. The highest BCUT2D eigenvalue weighted by Gasteiger charge is 2.13. The summed E-state index contributed by atoms with van der Waals surface area (Å²) in [5.41, 5.74) is 6.36. The second-order valence-corrected chi connectivity index (χ2v) is 5.12. The number of rotatable bonds is 4. The lowest BCUT2D eigenvalue weighted by atomic mass is 10.0. The first kappa shape index (κ1) is 13.3. The molecule has 1 aliphatic carbocycles. The van der Waals surface area contributed by atoms with E-state index < -0.39 is 0 Å². The Labute approximate surface area is 108 Å². The van der Waals surface area contributed by atoms with Crippen molar-refractivity contribution < 1.29 is 9.13 Å². The minimum atomic E-state index is -0.253. The summed E-state index contributed by atoms with van der Waals surface area (Å²) in [5.74, 6) is 1.13. The molecular weight excluding hydrogens is 229 g/mol. The Kier molecular flexibility index (Phi) is 5.00. The normalized spacial score (nSPS) is 17.4. The van der Waals surface area contributed by atoms with E-state index >= 15 is 0 Å². The van der Waals surface area contributed by atoms with Crippen molar-refractivity contribution in [2.75, 3.05) is 6.61 Å². The highest BCUT2D eigenvalue weighted by Crippen LogP contribution is 2.25. The average Bonchev–Trinajstić information content (AvgIpc) is 2.65. The van der Waals surface area contributed by atoms with E-state index in [1.807, 2.05) is 0 Å². The minimum Gasteiger partial charge on any atom is -0.493 e. The third-order valence-electron chi connectivity index (χ3n) is 3.69. The third kappa shape index (κ3) is 3.70.